The number of carbonyl (C=O) groups is 1. The molecule has 0 spiro atoms. The largest absolute Gasteiger partial charge is 0.476 e. The van der Waals surface area contributed by atoms with Gasteiger partial charge in [-0.15, -0.1) is 11.3 Å². The first-order chi connectivity index (χ1) is 10.1. The number of rotatable bonds is 3. The highest BCUT2D eigenvalue weighted by Gasteiger charge is 2.19. The minimum atomic E-state index is -1.03. The van der Waals surface area contributed by atoms with Crippen LogP contribution in [0.25, 0.3) is 21.1 Å². The molecule has 0 aliphatic carbocycles. The van der Waals surface area contributed by atoms with Gasteiger partial charge in [-0.1, -0.05) is 30.3 Å². The molecule has 104 valence electrons. The molecule has 0 fully saturated rings. The number of carboxylic acids is 1. The molecule has 3 aromatic rings. The Balaban J connectivity index is 2.13. The van der Waals surface area contributed by atoms with Crippen LogP contribution in [-0.4, -0.2) is 21.0 Å². The van der Waals surface area contributed by atoms with Gasteiger partial charge in [0.2, 0.25) is 0 Å². The van der Waals surface area contributed by atoms with E-state index in [9.17, 15) is 9.90 Å². The van der Waals surface area contributed by atoms with Crippen molar-refractivity contribution in [2.75, 3.05) is 0 Å². The first kappa shape index (κ1) is 13.9. The molecule has 2 aromatic heterocycles. The van der Waals surface area contributed by atoms with Crippen LogP contribution < -0.4 is 0 Å². The molecule has 0 saturated carbocycles. The van der Waals surface area contributed by atoms with Gasteiger partial charge in [0.1, 0.15) is 5.01 Å². The zero-order valence-corrected chi connectivity index (χ0v) is 13.1. The van der Waals surface area contributed by atoms with Gasteiger partial charge >= 0.3 is 5.97 Å². The second kappa shape index (κ2) is 5.75. The molecule has 0 radical (unpaired) electrons. The van der Waals surface area contributed by atoms with E-state index in [1.54, 1.807) is 6.20 Å². The molecule has 2 heterocycles. The highest BCUT2D eigenvalue weighted by molar-refractivity contribution is 9.10. The lowest BCUT2D eigenvalue weighted by atomic mass is 10.1. The molecule has 0 amide bonds. The van der Waals surface area contributed by atoms with E-state index in [1.165, 1.54) is 11.3 Å². The van der Waals surface area contributed by atoms with Crippen molar-refractivity contribution in [2.24, 2.45) is 0 Å². The van der Waals surface area contributed by atoms with Crippen molar-refractivity contribution in [3.63, 3.8) is 0 Å². The fourth-order valence-electron chi connectivity index (χ4n) is 1.86. The Morgan fingerprint density at radius 2 is 1.90 bits per heavy atom. The Kier molecular flexibility index (Phi) is 3.81. The summed E-state index contributed by atoms with van der Waals surface area (Å²) in [4.78, 5) is 20.5. The smallest absolute Gasteiger partial charge is 0.356 e. The Labute approximate surface area is 133 Å². The molecule has 0 aliphatic heterocycles. The predicted octanol–water partition coefficient (Wildman–Crippen LogP) is 4.33. The van der Waals surface area contributed by atoms with Crippen LogP contribution in [0.4, 0.5) is 0 Å². The summed E-state index contributed by atoms with van der Waals surface area (Å²) in [7, 11) is 0. The molecule has 21 heavy (non-hydrogen) atoms. The third-order valence-electron chi connectivity index (χ3n) is 2.81. The number of pyridine rings is 1. The summed E-state index contributed by atoms with van der Waals surface area (Å²) in [6, 6.07) is 13.0. The molecule has 4 nitrogen and oxygen atoms in total. The number of carboxylic acid groups (broad SMARTS) is 1. The van der Waals surface area contributed by atoms with Crippen LogP contribution in [0.3, 0.4) is 0 Å². The maximum absolute atomic E-state index is 11.4. The SMILES string of the molecule is O=C(O)c1nc(-c2ccc(Br)cn2)sc1-c1ccccc1. The number of halogens is 1. The summed E-state index contributed by atoms with van der Waals surface area (Å²) >= 11 is 4.65. The zero-order valence-electron chi connectivity index (χ0n) is 10.7. The summed E-state index contributed by atoms with van der Waals surface area (Å²) < 4.78 is 0.865. The number of hydrogen-bond acceptors (Lipinski definition) is 4. The van der Waals surface area contributed by atoms with Gasteiger partial charge in [-0.3, -0.25) is 4.98 Å². The second-order valence-electron chi connectivity index (χ2n) is 4.23. The van der Waals surface area contributed by atoms with E-state index >= 15 is 0 Å². The van der Waals surface area contributed by atoms with Gasteiger partial charge in [-0.2, -0.15) is 0 Å². The van der Waals surface area contributed by atoms with Crippen LogP contribution in [0.15, 0.2) is 53.1 Å². The monoisotopic (exact) mass is 360 g/mol. The summed E-state index contributed by atoms with van der Waals surface area (Å²) in [5.74, 6) is -1.03. The molecular formula is C15H9BrN2O2S. The third kappa shape index (κ3) is 2.86. The van der Waals surface area contributed by atoms with Gasteiger partial charge < -0.3 is 5.11 Å². The maximum Gasteiger partial charge on any atom is 0.356 e. The van der Waals surface area contributed by atoms with Crippen LogP contribution in [0, 0.1) is 0 Å². The number of aromatic carboxylic acids is 1. The van der Waals surface area contributed by atoms with Crippen molar-refractivity contribution in [1.29, 1.82) is 0 Å². The minimum absolute atomic E-state index is 0.0610. The first-order valence-electron chi connectivity index (χ1n) is 6.06. The third-order valence-corrected chi connectivity index (χ3v) is 4.41. The van der Waals surface area contributed by atoms with Gasteiger partial charge in [-0.25, -0.2) is 9.78 Å². The number of thiazole rings is 1. The van der Waals surface area contributed by atoms with E-state index in [1.807, 2.05) is 42.5 Å². The molecule has 3 rings (SSSR count). The quantitative estimate of drug-likeness (QED) is 0.754. The predicted molar refractivity (Wildman–Crippen MR) is 85.4 cm³/mol. The lowest BCUT2D eigenvalue weighted by Crippen LogP contribution is -1.98. The molecule has 1 N–H and O–H groups in total. The van der Waals surface area contributed by atoms with E-state index in [-0.39, 0.29) is 5.69 Å². The fourth-order valence-corrected chi connectivity index (χ4v) is 3.14. The standard InChI is InChI=1S/C15H9BrN2O2S/c16-10-6-7-11(17-8-10)14-18-12(15(19)20)13(21-14)9-4-2-1-3-5-9/h1-8H,(H,19,20). The van der Waals surface area contributed by atoms with Crippen LogP contribution >= 0.6 is 27.3 Å². The molecule has 6 heteroatoms. The number of aromatic nitrogens is 2. The van der Waals surface area contributed by atoms with Crippen molar-refractivity contribution in [3.05, 3.63) is 58.8 Å². The van der Waals surface area contributed by atoms with Crippen molar-refractivity contribution < 1.29 is 9.90 Å². The fraction of sp³-hybridized carbons (Fsp3) is 0. The highest BCUT2D eigenvalue weighted by atomic mass is 79.9. The molecule has 0 saturated heterocycles. The van der Waals surface area contributed by atoms with Gasteiger partial charge in [-0.05, 0) is 33.6 Å². The normalized spacial score (nSPS) is 10.5. The Hall–Kier alpha value is -2.05. The van der Waals surface area contributed by atoms with Crippen molar-refractivity contribution in [3.8, 4) is 21.1 Å². The lowest BCUT2D eigenvalue weighted by Gasteiger charge is -1.97. The van der Waals surface area contributed by atoms with Crippen LogP contribution in [0.5, 0.6) is 0 Å². The molecule has 1 aromatic carbocycles. The Morgan fingerprint density at radius 1 is 1.14 bits per heavy atom. The van der Waals surface area contributed by atoms with Gasteiger partial charge in [0, 0.05) is 10.7 Å². The number of benzene rings is 1. The van der Waals surface area contributed by atoms with E-state index in [2.05, 4.69) is 25.9 Å². The maximum atomic E-state index is 11.4. The van der Waals surface area contributed by atoms with Gasteiger partial charge in [0.25, 0.3) is 0 Å². The van der Waals surface area contributed by atoms with Crippen LogP contribution in [0.1, 0.15) is 10.5 Å². The molecule has 0 atom stereocenters. The number of hydrogen-bond donors (Lipinski definition) is 1. The topological polar surface area (TPSA) is 63.1 Å². The second-order valence-corrected chi connectivity index (χ2v) is 6.14. The number of nitrogens with zero attached hydrogens (tertiary/aromatic N) is 2. The van der Waals surface area contributed by atoms with Crippen molar-refractivity contribution in [2.45, 2.75) is 0 Å². The molecular weight excluding hydrogens is 352 g/mol. The van der Waals surface area contributed by atoms with Gasteiger partial charge in [0.05, 0.1) is 10.6 Å². The average molecular weight is 361 g/mol. The van der Waals surface area contributed by atoms with Crippen LogP contribution in [0.2, 0.25) is 0 Å². The van der Waals surface area contributed by atoms with Gasteiger partial charge in [0.15, 0.2) is 5.69 Å². The summed E-state index contributed by atoms with van der Waals surface area (Å²) in [5, 5.41) is 9.94. The lowest BCUT2D eigenvalue weighted by molar-refractivity contribution is 0.0692. The molecule has 0 unspecified atom stereocenters. The average Bonchev–Trinajstić information content (AvgIpc) is 2.94. The van der Waals surface area contributed by atoms with Crippen molar-refractivity contribution >= 4 is 33.2 Å². The minimum Gasteiger partial charge on any atom is -0.476 e. The van der Waals surface area contributed by atoms with E-state index in [0.29, 0.717) is 15.6 Å². The van der Waals surface area contributed by atoms with E-state index in [4.69, 9.17) is 0 Å². The van der Waals surface area contributed by atoms with Crippen molar-refractivity contribution in [1.82, 2.24) is 9.97 Å². The Morgan fingerprint density at radius 3 is 2.52 bits per heavy atom. The molecule has 0 aliphatic rings. The zero-order chi connectivity index (χ0) is 14.8. The van der Waals surface area contributed by atoms with Crippen LogP contribution in [-0.2, 0) is 0 Å². The summed E-state index contributed by atoms with van der Waals surface area (Å²) in [6.45, 7) is 0. The Bertz CT molecular complexity index is 785. The first-order valence-corrected chi connectivity index (χ1v) is 7.67. The summed E-state index contributed by atoms with van der Waals surface area (Å²) in [6.07, 6.45) is 1.67. The summed E-state index contributed by atoms with van der Waals surface area (Å²) in [5.41, 5.74) is 1.56. The molecule has 0 bridgehead atoms. The van der Waals surface area contributed by atoms with E-state index < -0.39 is 5.97 Å². The van der Waals surface area contributed by atoms with E-state index in [0.717, 1.165) is 10.0 Å². The highest BCUT2D eigenvalue weighted by Crippen LogP contribution is 2.34.